The maximum Gasteiger partial charge on any atom is 0.494 e. The van der Waals surface area contributed by atoms with E-state index in [1.54, 1.807) is 6.20 Å². The second kappa shape index (κ2) is 5.04. The highest BCUT2D eigenvalue weighted by molar-refractivity contribution is 6.62. The summed E-state index contributed by atoms with van der Waals surface area (Å²) in [5.41, 5.74) is 2.81. The van der Waals surface area contributed by atoms with Gasteiger partial charge in [0.25, 0.3) is 0 Å². The molecule has 0 radical (unpaired) electrons. The molecule has 1 fully saturated rings. The molecule has 1 aromatic carbocycles. The molecular weight excluding hydrogens is 249 g/mol. The molecule has 20 heavy (non-hydrogen) atoms. The highest BCUT2D eigenvalue weighted by Crippen LogP contribution is 2.27. The Morgan fingerprint density at radius 1 is 1.15 bits per heavy atom. The number of hydrogen-bond acceptors (Lipinski definition) is 3. The van der Waals surface area contributed by atoms with E-state index in [1.807, 2.05) is 37.3 Å². The van der Waals surface area contributed by atoms with Crippen LogP contribution in [0.4, 0.5) is 0 Å². The quantitative estimate of drug-likeness (QED) is 0.784. The topological polar surface area (TPSA) is 31.4 Å². The molecule has 0 N–H and O–H groups in total. The predicted octanol–water partition coefficient (Wildman–Crippen LogP) is 2.66. The molecule has 0 bridgehead atoms. The van der Waals surface area contributed by atoms with E-state index < -0.39 is 0 Å². The summed E-state index contributed by atoms with van der Waals surface area (Å²) in [6.07, 6.45) is 1.88. The molecule has 0 aliphatic carbocycles. The first kappa shape index (κ1) is 13.3. The summed E-state index contributed by atoms with van der Waals surface area (Å²) < 4.78 is 11.9. The molecule has 2 heterocycles. The summed E-state index contributed by atoms with van der Waals surface area (Å²) in [6.45, 7) is 6.16. The summed E-state index contributed by atoms with van der Waals surface area (Å²) >= 11 is 0. The second-order valence-corrected chi connectivity index (χ2v) is 5.67. The monoisotopic (exact) mass is 267 g/mol. The van der Waals surface area contributed by atoms with Crippen LogP contribution in [0.1, 0.15) is 20.8 Å². The lowest BCUT2D eigenvalue weighted by molar-refractivity contribution is 0.0842. The maximum absolute atomic E-state index is 6.00. The zero-order valence-corrected chi connectivity index (χ0v) is 12.0. The van der Waals surface area contributed by atoms with Gasteiger partial charge < -0.3 is 9.31 Å². The lowest BCUT2D eigenvalue weighted by Gasteiger charge is -2.21. The van der Waals surface area contributed by atoms with Crippen LogP contribution in [0.15, 0.2) is 48.7 Å². The van der Waals surface area contributed by atoms with Gasteiger partial charge in [-0.2, -0.15) is 0 Å². The van der Waals surface area contributed by atoms with E-state index in [4.69, 9.17) is 9.31 Å². The van der Waals surface area contributed by atoms with Gasteiger partial charge in [0.1, 0.15) is 0 Å². The van der Waals surface area contributed by atoms with Crippen LogP contribution in [-0.2, 0) is 9.31 Å². The molecule has 1 aromatic heterocycles. The van der Waals surface area contributed by atoms with Gasteiger partial charge in [-0.05, 0) is 43.9 Å². The summed E-state index contributed by atoms with van der Waals surface area (Å²) in [4.78, 5) is 4.38. The van der Waals surface area contributed by atoms with Crippen molar-refractivity contribution in [1.29, 1.82) is 0 Å². The molecule has 1 atom stereocenters. The molecule has 1 saturated heterocycles. The Bertz CT molecular complexity index is 600. The normalized spacial score (nSPS) is 21.1. The van der Waals surface area contributed by atoms with Gasteiger partial charge in [-0.25, -0.2) is 0 Å². The van der Waals surface area contributed by atoms with Gasteiger partial charge in [0, 0.05) is 6.20 Å². The van der Waals surface area contributed by atoms with E-state index in [2.05, 4.69) is 31.0 Å². The van der Waals surface area contributed by atoms with Gasteiger partial charge in [-0.15, -0.1) is 0 Å². The van der Waals surface area contributed by atoms with Crippen molar-refractivity contribution >= 4 is 12.6 Å². The molecule has 4 heteroatoms. The largest absolute Gasteiger partial charge is 0.494 e. The third-order valence-electron chi connectivity index (χ3n) is 3.84. The van der Waals surface area contributed by atoms with Crippen molar-refractivity contribution in [2.75, 3.05) is 0 Å². The molecule has 0 saturated carbocycles. The average Bonchev–Trinajstić information content (AvgIpc) is 2.74. The fourth-order valence-electron chi connectivity index (χ4n) is 2.27. The van der Waals surface area contributed by atoms with Crippen LogP contribution < -0.4 is 5.46 Å². The summed E-state index contributed by atoms with van der Waals surface area (Å²) in [5.74, 6) is 0. The number of pyridine rings is 1. The lowest BCUT2D eigenvalue weighted by Crippen LogP contribution is -2.34. The molecule has 1 unspecified atom stereocenters. The molecule has 2 aromatic rings. The number of rotatable bonds is 2. The molecule has 0 amide bonds. The molecule has 102 valence electrons. The molecule has 3 rings (SSSR count). The van der Waals surface area contributed by atoms with Crippen molar-refractivity contribution in [1.82, 2.24) is 4.98 Å². The van der Waals surface area contributed by atoms with E-state index >= 15 is 0 Å². The summed E-state index contributed by atoms with van der Waals surface area (Å²) in [6, 6.07) is 14.1. The average molecular weight is 267 g/mol. The Kier molecular flexibility index (Phi) is 3.36. The van der Waals surface area contributed by atoms with Crippen molar-refractivity contribution in [2.45, 2.75) is 32.5 Å². The van der Waals surface area contributed by atoms with Gasteiger partial charge >= 0.3 is 7.12 Å². The minimum atomic E-state index is -0.302. The first-order valence-corrected chi connectivity index (χ1v) is 6.91. The minimum Gasteiger partial charge on any atom is -0.402 e. The Morgan fingerprint density at radius 3 is 2.65 bits per heavy atom. The number of benzene rings is 1. The third-order valence-corrected chi connectivity index (χ3v) is 3.84. The van der Waals surface area contributed by atoms with Crippen LogP contribution in [0.2, 0.25) is 0 Å². The second-order valence-electron chi connectivity index (χ2n) is 5.67. The molecule has 0 spiro atoms. The highest BCUT2D eigenvalue weighted by Gasteiger charge is 2.43. The van der Waals surface area contributed by atoms with Crippen molar-refractivity contribution in [3.05, 3.63) is 48.7 Å². The van der Waals surface area contributed by atoms with E-state index in [9.17, 15) is 0 Å². The first-order chi connectivity index (χ1) is 9.56. The van der Waals surface area contributed by atoms with Gasteiger partial charge in [-0.1, -0.05) is 30.3 Å². The Labute approximate surface area is 120 Å². The van der Waals surface area contributed by atoms with Gasteiger partial charge in [-0.3, -0.25) is 4.98 Å². The molecular formula is C16H18BNO2. The van der Waals surface area contributed by atoms with Crippen LogP contribution in [-0.4, -0.2) is 23.8 Å². The smallest absolute Gasteiger partial charge is 0.402 e. The maximum atomic E-state index is 6.00. The van der Waals surface area contributed by atoms with Crippen LogP contribution >= 0.6 is 0 Å². The zero-order chi connectivity index (χ0) is 14.2. The van der Waals surface area contributed by atoms with Gasteiger partial charge in [0.2, 0.25) is 0 Å². The third kappa shape index (κ3) is 2.49. The Hall–Kier alpha value is -1.65. The fraction of sp³-hybridized carbons (Fsp3) is 0.312. The summed E-state index contributed by atoms with van der Waals surface area (Å²) in [7, 11) is -0.302. The fourth-order valence-corrected chi connectivity index (χ4v) is 2.27. The Balaban J connectivity index is 1.90. The van der Waals surface area contributed by atoms with Gasteiger partial charge in [0.05, 0.1) is 17.4 Å². The predicted molar refractivity (Wildman–Crippen MR) is 80.8 cm³/mol. The Morgan fingerprint density at radius 2 is 2.00 bits per heavy atom. The minimum absolute atomic E-state index is 0.0750. The summed E-state index contributed by atoms with van der Waals surface area (Å²) in [5, 5.41) is 0. The first-order valence-electron chi connectivity index (χ1n) is 6.91. The van der Waals surface area contributed by atoms with Gasteiger partial charge in [0.15, 0.2) is 0 Å². The van der Waals surface area contributed by atoms with Crippen molar-refractivity contribution in [3.63, 3.8) is 0 Å². The van der Waals surface area contributed by atoms with E-state index in [0.29, 0.717) is 0 Å². The SMILES string of the molecule is CC1OB(c2cccc(-c3ccccn3)c2)OC1(C)C. The van der Waals surface area contributed by atoms with Crippen LogP contribution in [0.3, 0.4) is 0 Å². The molecule has 3 nitrogen and oxygen atoms in total. The molecule has 1 aliphatic rings. The van der Waals surface area contributed by atoms with Crippen LogP contribution in [0, 0.1) is 0 Å². The zero-order valence-electron chi connectivity index (χ0n) is 12.0. The van der Waals surface area contributed by atoms with Crippen molar-refractivity contribution < 1.29 is 9.31 Å². The van der Waals surface area contributed by atoms with Crippen LogP contribution in [0.25, 0.3) is 11.3 Å². The number of nitrogens with zero attached hydrogens (tertiary/aromatic N) is 1. The van der Waals surface area contributed by atoms with Crippen molar-refractivity contribution in [2.24, 2.45) is 0 Å². The number of hydrogen-bond donors (Lipinski definition) is 0. The van der Waals surface area contributed by atoms with E-state index in [1.165, 1.54) is 0 Å². The van der Waals surface area contributed by atoms with E-state index in [0.717, 1.165) is 16.7 Å². The van der Waals surface area contributed by atoms with E-state index in [-0.39, 0.29) is 18.8 Å². The molecule has 1 aliphatic heterocycles. The van der Waals surface area contributed by atoms with Crippen LogP contribution in [0.5, 0.6) is 0 Å². The lowest BCUT2D eigenvalue weighted by atomic mass is 9.78. The number of aromatic nitrogens is 1. The highest BCUT2D eigenvalue weighted by atomic mass is 16.7. The van der Waals surface area contributed by atoms with Crippen molar-refractivity contribution in [3.8, 4) is 11.3 Å². The standard InChI is InChI=1S/C16H18BNO2/c1-12-16(2,3)20-17(19-12)14-8-6-7-13(11-14)15-9-4-5-10-18-15/h4-12H,1-3H3.